The van der Waals surface area contributed by atoms with Crippen LogP contribution in [0.15, 0.2) is 12.2 Å². The van der Waals surface area contributed by atoms with Crippen LogP contribution in [0.1, 0.15) is 96.8 Å². The van der Waals surface area contributed by atoms with E-state index in [2.05, 4.69) is 19.1 Å². The summed E-state index contributed by atoms with van der Waals surface area (Å²) in [5.74, 6) is -0.105. The van der Waals surface area contributed by atoms with Crippen molar-refractivity contribution in [2.45, 2.75) is 103 Å². The van der Waals surface area contributed by atoms with Gasteiger partial charge in [0, 0.05) is 6.42 Å². The van der Waals surface area contributed by atoms with Gasteiger partial charge >= 0.3 is 5.97 Å². The molecule has 1 atom stereocenters. The number of rotatable bonds is 18. The first-order valence-electron chi connectivity index (χ1n) is 10.3. The van der Waals surface area contributed by atoms with Crippen molar-refractivity contribution in [1.82, 2.24) is 0 Å². The van der Waals surface area contributed by atoms with E-state index >= 15 is 0 Å². The lowest BCUT2D eigenvalue weighted by Gasteiger charge is -2.12. The van der Waals surface area contributed by atoms with Crippen LogP contribution in [0.2, 0.25) is 0 Å². The average Bonchev–Trinajstić information content (AvgIpc) is 2.62. The van der Waals surface area contributed by atoms with Crippen molar-refractivity contribution in [3.8, 4) is 0 Å². The SMILES string of the molecule is CCCCCCCCC=CCCCCCCCC(=O)OC(CO)CCl. The van der Waals surface area contributed by atoms with Crippen molar-refractivity contribution < 1.29 is 14.6 Å². The summed E-state index contributed by atoms with van der Waals surface area (Å²) >= 11 is 5.57. The summed E-state index contributed by atoms with van der Waals surface area (Å²) in [6.07, 6.45) is 20.6. The second-order valence-corrected chi connectivity index (χ2v) is 7.09. The van der Waals surface area contributed by atoms with Gasteiger partial charge in [0.2, 0.25) is 0 Å². The maximum atomic E-state index is 11.5. The van der Waals surface area contributed by atoms with Crippen molar-refractivity contribution in [3.63, 3.8) is 0 Å². The predicted molar refractivity (Wildman–Crippen MR) is 107 cm³/mol. The molecule has 0 heterocycles. The second kappa shape index (κ2) is 19.8. The number of unbranched alkanes of at least 4 members (excludes halogenated alkanes) is 11. The van der Waals surface area contributed by atoms with E-state index in [0.717, 1.165) is 19.3 Å². The minimum absolute atomic E-state index is 0.147. The van der Waals surface area contributed by atoms with Gasteiger partial charge in [-0.15, -0.1) is 11.6 Å². The van der Waals surface area contributed by atoms with Gasteiger partial charge in [0.05, 0.1) is 12.5 Å². The molecular weight excluding hydrogens is 336 g/mol. The summed E-state index contributed by atoms with van der Waals surface area (Å²) < 4.78 is 5.04. The second-order valence-electron chi connectivity index (χ2n) is 6.78. The van der Waals surface area contributed by atoms with Crippen molar-refractivity contribution >= 4 is 17.6 Å². The first kappa shape index (κ1) is 24.5. The molecular formula is C21H39ClO3. The number of allylic oxidation sites excluding steroid dienone is 2. The zero-order valence-electron chi connectivity index (χ0n) is 16.2. The summed E-state index contributed by atoms with van der Waals surface area (Å²) in [6.45, 7) is 2.05. The highest BCUT2D eigenvalue weighted by Gasteiger charge is 2.11. The molecule has 0 spiro atoms. The summed E-state index contributed by atoms with van der Waals surface area (Å²) in [5, 5.41) is 8.91. The number of alkyl halides is 1. The summed E-state index contributed by atoms with van der Waals surface area (Å²) in [6, 6.07) is 0. The van der Waals surface area contributed by atoms with Crippen LogP contribution in [-0.4, -0.2) is 29.7 Å². The van der Waals surface area contributed by atoms with E-state index in [1.807, 2.05) is 0 Å². The van der Waals surface area contributed by atoms with Gasteiger partial charge in [0.25, 0.3) is 0 Å². The molecule has 0 aliphatic heterocycles. The average molecular weight is 375 g/mol. The Balaban J connectivity index is 3.28. The lowest BCUT2D eigenvalue weighted by molar-refractivity contribution is -0.149. The molecule has 0 aliphatic rings. The Morgan fingerprint density at radius 1 is 0.920 bits per heavy atom. The molecule has 0 aromatic rings. The number of aliphatic hydroxyl groups excluding tert-OH is 1. The topological polar surface area (TPSA) is 46.5 Å². The highest BCUT2D eigenvalue weighted by Crippen LogP contribution is 2.10. The van der Waals surface area contributed by atoms with Gasteiger partial charge in [-0.3, -0.25) is 4.79 Å². The Bertz CT molecular complexity index is 314. The van der Waals surface area contributed by atoms with Crippen LogP contribution in [-0.2, 0) is 9.53 Å². The van der Waals surface area contributed by atoms with Gasteiger partial charge in [0.15, 0.2) is 0 Å². The minimum Gasteiger partial charge on any atom is -0.459 e. The van der Waals surface area contributed by atoms with Gasteiger partial charge in [-0.2, -0.15) is 0 Å². The highest BCUT2D eigenvalue weighted by atomic mass is 35.5. The first-order valence-corrected chi connectivity index (χ1v) is 10.8. The molecule has 4 heteroatoms. The lowest BCUT2D eigenvalue weighted by atomic mass is 10.1. The van der Waals surface area contributed by atoms with Crippen molar-refractivity contribution in [3.05, 3.63) is 12.2 Å². The van der Waals surface area contributed by atoms with Gasteiger partial charge in [0.1, 0.15) is 6.10 Å². The van der Waals surface area contributed by atoms with E-state index in [0.29, 0.717) is 6.42 Å². The molecule has 0 amide bonds. The third kappa shape index (κ3) is 18.1. The smallest absolute Gasteiger partial charge is 0.306 e. The molecule has 0 bridgehead atoms. The molecule has 1 N–H and O–H groups in total. The maximum Gasteiger partial charge on any atom is 0.306 e. The molecule has 0 aromatic heterocycles. The van der Waals surface area contributed by atoms with Crippen molar-refractivity contribution in [2.24, 2.45) is 0 Å². The summed E-state index contributed by atoms with van der Waals surface area (Å²) in [7, 11) is 0. The number of esters is 1. The molecule has 25 heavy (non-hydrogen) atoms. The summed E-state index contributed by atoms with van der Waals surface area (Å²) in [5.41, 5.74) is 0. The molecule has 0 saturated carbocycles. The molecule has 0 aromatic carbocycles. The third-order valence-electron chi connectivity index (χ3n) is 4.32. The highest BCUT2D eigenvalue weighted by molar-refractivity contribution is 6.18. The van der Waals surface area contributed by atoms with E-state index in [-0.39, 0.29) is 18.5 Å². The molecule has 0 aliphatic carbocycles. The van der Waals surface area contributed by atoms with E-state index in [1.54, 1.807) is 0 Å². The normalized spacial score (nSPS) is 12.6. The monoisotopic (exact) mass is 374 g/mol. The van der Waals surface area contributed by atoms with Crippen LogP contribution >= 0.6 is 11.6 Å². The Kier molecular flexibility index (Phi) is 19.4. The van der Waals surface area contributed by atoms with E-state index in [1.165, 1.54) is 64.2 Å². The lowest BCUT2D eigenvalue weighted by Crippen LogP contribution is -2.23. The number of carbonyl (C=O) groups excluding carboxylic acids is 1. The largest absolute Gasteiger partial charge is 0.459 e. The number of carbonyl (C=O) groups is 1. The Hall–Kier alpha value is -0.540. The maximum absolute atomic E-state index is 11.5. The molecule has 0 radical (unpaired) electrons. The Morgan fingerprint density at radius 2 is 1.44 bits per heavy atom. The predicted octanol–water partition coefficient (Wildman–Crippen LogP) is 6.17. The molecule has 148 valence electrons. The number of hydrogen-bond acceptors (Lipinski definition) is 3. The molecule has 0 fully saturated rings. The number of ether oxygens (including phenoxy) is 1. The van der Waals surface area contributed by atoms with Crippen molar-refractivity contribution in [1.29, 1.82) is 0 Å². The van der Waals surface area contributed by atoms with E-state index < -0.39 is 6.10 Å². The molecule has 3 nitrogen and oxygen atoms in total. The van der Waals surface area contributed by atoms with Gasteiger partial charge < -0.3 is 9.84 Å². The molecule has 0 rings (SSSR count). The fraction of sp³-hybridized carbons (Fsp3) is 0.857. The number of halogens is 1. The van der Waals surface area contributed by atoms with Gasteiger partial charge in [-0.25, -0.2) is 0 Å². The Morgan fingerprint density at radius 3 is 1.96 bits per heavy atom. The third-order valence-corrected chi connectivity index (χ3v) is 4.66. The van der Waals surface area contributed by atoms with Crippen LogP contribution in [0.25, 0.3) is 0 Å². The number of aliphatic hydroxyl groups is 1. The molecule has 1 unspecified atom stereocenters. The first-order chi connectivity index (χ1) is 12.2. The van der Waals surface area contributed by atoms with Gasteiger partial charge in [-0.05, 0) is 32.1 Å². The van der Waals surface area contributed by atoms with E-state index in [4.69, 9.17) is 21.4 Å². The fourth-order valence-electron chi connectivity index (χ4n) is 2.70. The van der Waals surface area contributed by atoms with Crippen LogP contribution in [0.4, 0.5) is 0 Å². The quantitative estimate of drug-likeness (QED) is 0.135. The zero-order valence-corrected chi connectivity index (χ0v) is 16.9. The van der Waals surface area contributed by atoms with Crippen molar-refractivity contribution in [2.75, 3.05) is 12.5 Å². The van der Waals surface area contributed by atoms with Crippen LogP contribution in [0.3, 0.4) is 0 Å². The minimum atomic E-state index is -0.558. The zero-order chi connectivity index (χ0) is 18.6. The van der Waals surface area contributed by atoms with Crippen LogP contribution in [0, 0.1) is 0 Å². The van der Waals surface area contributed by atoms with Crippen LogP contribution in [0.5, 0.6) is 0 Å². The standard InChI is InChI=1S/C21H39ClO3/c1-2-3-4-5-6-7-8-9-10-11-12-13-14-15-16-17-21(24)25-20(18-22)19-23/h9-10,20,23H,2-8,11-19H2,1H3. The van der Waals surface area contributed by atoms with Crippen LogP contribution < -0.4 is 0 Å². The molecule has 0 saturated heterocycles. The fourth-order valence-corrected chi connectivity index (χ4v) is 2.86. The van der Waals surface area contributed by atoms with Gasteiger partial charge in [-0.1, -0.05) is 70.4 Å². The number of hydrogen-bond donors (Lipinski definition) is 1. The van der Waals surface area contributed by atoms with E-state index in [9.17, 15) is 4.79 Å². The summed E-state index contributed by atoms with van der Waals surface area (Å²) in [4.78, 5) is 11.5. The Labute approximate surface area is 160 Å².